The molecule has 0 aliphatic rings. The number of rotatable bonds is 6. The first-order valence-corrected chi connectivity index (χ1v) is 10.5. The summed E-state index contributed by atoms with van der Waals surface area (Å²) >= 11 is 12.4. The molecule has 3 rings (SSSR count). The summed E-state index contributed by atoms with van der Waals surface area (Å²) in [6, 6.07) is 8.17. The largest absolute Gasteiger partial charge is 0.470 e. The predicted molar refractivity (Wildman–Crippen MR) is 127 cm³/mol. The molecule has 173 valence electrons. The molecule has 0 unspecified atom stereocenters. The van der Waals surface area contributed by atoms with Gasteiger partial charge in [-0.3, -0.25) is 14.2 Å². The fourth-order valence-corrected chi connectivity index (χ4v) is 3.40. The first-order valence-electron chi connectivity index (χ1n) is 9.76. The van der Waals surface area contributed by atoms with Gasteiger partial charge in [0.1, 0.15) is 5.69 Å². The Morgan fingerprint density at radius 3 is 2.45 bits per heavy atom. The molecule has 0 fully saturated rings. The van der Waals surface area contributed by atoms with E-state index in [1.165, 1.54) is 13.2 Å². The van der Waals surface area contributed by atoms with Gasteiger partial charge in [-0.05, 0) is 55.3 Å². The van der Waals surface area contributed by atoms with Gasteiger partial charge in [-0.15, -0.1) is 0 Å². The Hall–Kier alpha value is -1.81. The van der Waals surface area contributed by atoms with Crippen LogP contribution < -0.4 is 10.7 Å². The van der Waals surface area contributed by atoms with Gasteiger partial charge < -0.3 is 21.2 Å². The number of halogens is 2. The van der Waals surface area contributed by atoms with E-state index in [1.54, 1.807) is 48.1 Å². The van der Waals surface area contributed by atoms with Gasteiger partial charge in [0, 0.05) is 57.2 Å². The Balaban J connectivity index is 0.00000177. The Labute approximate surface area is 228 Å². The Morgan fingerprint density at radius 2 is 1.82 bits per heavy atom. The van der Waals surface area contributed by atoms with Crippen molar-refractivity contribution >= 4 is 40.7 Å². The van der Waals surface area contributed by atoms with Crippen molar-refractivity contribution < 1.29 is 47.1 Å². The van der Waals surface area contributed by atoms with Crippen molar-refractivity contribution in [1.29, 1.82) is 0 Å². The molecule has 1 radical (unpaired) electrons. The van der Waals surface area contributed by atoms with E-state index in [2.05, 4.69) is 26.2 Å². The van der Waals surface area contributed by atoms with E-state index in [0.29, 0.717) is 32.8 Å². The average molecular weight is 566 g/mol. The number of hydrogen-bond acceptors (Lipinski definition) is 4. The molecule has 0 spiro atoms. The van der Waals surface area contributed by atoms with E-state index in [0.717, 1.165) is 5.56 Å². The number of nitrogens with zero attached hydrogens (tertiary/aromatic N) is 3. The van der Waals surface area contributed by atoms with Gasteiger partial charge >= 0.3 is 0 Å². The topological polar surface area (TPSA) is 99.4 Å². The van der Waals surface area contributed by atoms with E-state index in [4.69, 9.17) is 23.2 Å². The van der Waals surface area contributed by atoms with Crippen LogP contribution in [0.1, 0.15) is 45.8 Å². The van der Waals surface area contributed by atoms with Gasteiger partial charge in [-0.2, -0.15) is 0 Å². The first kappa shape index (κ1) is 29.2. The summed E-state index contributed by atoms with van der Waals surface area (Å²) in [4.78, 5) is 34.4. The van der Waals surface area contributed by atoms with Crippen LogP contribution >= 0.6 is 23.2 Å². The van der Waals surface area contributed by atoms with Crippen LogP contribution in [-0.2, 0) is 37.5 Å². The zero-order chi connectivity index (χ0) is 23.8. The van der Waals surface area contributed by atoms with Crippen LogP contribution in [0.15, 0.2) is 42.7 Å². The van der Waals surface area contributed by atoms with Crippen molar-refractivity contribution in [2.24, 2.45) is 0 Å². The SMILES string of the molecule is CC.CO[N-]NC(=O)c1cc(Cl)cc(C)c1NC(=O)c1cc(C)cn1-c1ncccc1Cl.[Y]. The van der Waals surface area contributed by atoms with E-state index >= 15 is 0 Å². The number of benzene rings is 1. The van der Waals surface area contributed by atoms with E-state index < -0.39 is 11.8 Å². The molecule has 2 amide bonds. The number of amides is 2. The molecule has 33 heavy (non-hydrogen) atoms. The second kappa shape index (κ2) is 13.8. The van der Waals surface area contributed by atoms with E-state index in [9.17, 15) is 9.59 Å². The molecular formula is C22H24Cl2N5O3Y-. The fraction of sp³-hybridized carbons (Fsp3) is 0.227. The minimum Gasteiger partial charge on any atom is -0.470 e. The van der Waals surface area contributed by atoms with Crippen molar-refractivity contribution in [3.8, 4) is 5.82 Å². The van der Waals surface area contributed by atoms with E-state index in [-0.39, 0.29) is 38.3 Å². The van der Waals surface area contributed by atoms with Gasteiger partial charge in [0.25, 0.3) is 5.91 Å². The summed E-state index contributed by atoms with van der Waals surface area (Å²) in [5, 5.41) is 3.52. The third-order valence-electron chi connectivity index (χ3n) is 4.18. The molecule has 0 bridgehead atoms. The number of carbonyl (C=O) groups is 2. The molecule has 8 nitrogen and oxygen atoms in total. The van der Waals surface area contributed by atoms with Crippen molar-refractivity contribution in [2.75, 3.05) is 12.4 Å². The van der Waals surface area contributed by atoms with Crippen LogP contribution in [0, 0.1) is 13.8 Å². The van der Waals surface area contributed by atoms with Gasteiger partial charge in [0.05, 0.1) is 16.3 Å². The second-order valence-corrected chi connectivity index (χ2v) is 7.24. The molecule has 11 heteroatoms. The van der Waals surface area contributed by atoms with Crippen molar-refractivity contribution in [2.45, 2.75) is 27.7 Å². The van der Waals surface area contributed by atoms with Crippen LogP contribution in [0.5, 0.6) is 0 Å². The molecule has 0 saturated heterocycles. The fourth-order valence-electron chi connectivity index (χ4n) is 2.91. The van der Waals surface area contributed by atoms with Crippen LogP contribution in [0.25, 0.3) is 11.4 Å². The van der Waals surface area contributed by atoms with Crippen LogP contribution in [0.4, 0.5) is 5.69 Å². The number of anilines is 1. The second-order valence-electron chi connectivity index (χ2n) is 6.40. The summed E-state index contributed by atoms with van der Waals surface area (Å²) in [6.45, 7) is 7.58. The Bertz CT molecular complexity index is 1120. The molecule has 2 heterocycles. The molecule has 2 aromatic heterocycles. The number of carbonyl (C=O) groups excluding carboxylic acids is 2. The van der Waals surface area contributed by atoms with Crippen molar-refractivity contribution in [3.63, 3.8) is 0 Å². The third kappa shape index (κ3) is 7.34. The van der Waals surface area contributed by atoms with Crippen molar-refractivity contribution in [3.05, 3.63) is 80.7 Å². The van der Waals surface area contributed by atoms with Crippen LogP contribution in [-0.4, -0.2) is 28.5 Å². The van der Waals surface area contributed by atoms with Crippen LogP contribution in [0.2, 0.25) is 10.0 Å². The van der Waals surface area contributed by atoms with Gasteiger partial charge in [-0.25, -0.2) is 4.98 Å². The summed E-state index contributed by atoms with van der Waals surface area (Å²) < 4.78 is 1.60. The zero-order valence-corrected chi connectivity index (χ0v) is 23.3. The van der Waals surface area contributed by atoms with Gasteiger partial charge in [0.15, 0.2) is 5.82 Å². The summed E-state index contributed by atoms with van der Waals surface area (Å²) in [5.74, 6) is -0.618. The maximum Gasteiger partial charge on any atom is 0.272 e. The number of hydrogen-bond donors (Lipinski definition) is 2. The summed E-state index contributed by atoms with van der Waals surface area (Å²) in [7, 11) is 1.30. The summed E-state index contributed by atoms with van der Waals surface area (Å²) in [5.41, 5.74) is 7.77. The summed E-state index contributed by atoms with van der Waals surface area (Å²) in [6.07, 6.45) is 3.34. The molecule has 0 atom stereocenters. The number of aryl methyl sites for hydroxylation is 2. The molecular weight excluding hydrogens is 542 g/mol. The predicted octanol–water partition coefficient (Wildman–Crippen LogP) is 5.65. The first-order chi connectivity index (χ1) is 15.3. The maximum atomic E-state index is 13.1. The molecule has 2 N–H and O–H groups in total. The molecule has 0 aliphatic carbocycles. The molecule has 0 aliphatic heterocycles. The number of pyridine rings is 1. The normalized spacial score (nSPS) is 9.91. The minimum absolute atomic E-state index is 0. The quantitative estimate of drug-likeness (QED) is 0.377. The molecule has 3 aromatic rings. The third-order valence-corrected chi connectivity index (χ3v) is 4.69. The zero-order valence-electron chi connectivity index (χ0n) is 18.9. The van der Waals surface area contributed by atoms with Crippen molar-refractivity contribution in [1.82, 2.24) is 15.0 Å². The van der Waals surface area contributed by atoms with Gasteiger partial charge in [-0.1, -0.05) is 37.0 Å². The van der Waals surface area contributed by atoms with Gasteiger partial charge in [0.2, 0.25) is 5.91 Å². The Morgan fingerprint density at radius 1 is 1.12 bits per heavy atom. The molecule has 0 saturated carbocycles. The monoisotopic (exact) mass is 565 g/mol. The minimum atomic E-state index is -0.586. The van der Waals surface area contributed by atoms with E-state index in [1.807, 2.05) is 20.8 Å². The molecule has 1 aromatic carbocycles. The smallest absolute Gasteiger partial charge is 0.272 e. The number of nitrogens with one attached hydrogen (secondary N) is 2. The maximum absolute atomic E-state index is 13.1. The van der Waals surface area contributed by atoms with Crippen LogP contribution in [0.3, 0.4) is 0 Å². The standard InChI is InChI=1S/C20H18Cl2N5O3.C2H6.Y/c1-11-7-16(27(10-11)18-15(22)5-4-6-23-18)20(29)24-17-12(2)8-13(21)9-14(17)19(28)25-26-30-3;1-2;/h4-10H,1-3H3,(H2,24,25,28,29);1-2H3;/q-1;;. The average Bonchev–Trinajstić information content (AvgIpc) is 3.16. The Kier molecular flexibility index (Phi) is 12.2. The number of aromatic nitrogens is 2.